The first-order chi connectivity index (χ1) is 18.7. The second-order valence-electron chi connectivity index (χ2n) is 8.66. The second-order valence-corrected chi connectivity index (χ2v) is 8.66. The molecule has 5 rings (SSSR count). The molecule has 2 heterocycles. The van der Waals surface area contributed by atoms with Crippen LogP contribution in [-0.2, 0) is 10.3 Å². The summed E-state index contributed by atoms with van der Waals surface area (Å²) >= 11 is 0. The van der Waals surface area contributed by atoms with Crippen molar-refractivity contribution >= 4 is 17.1 Å². The van der Waals surface area contributed by atoms with E-state index in [4.69, 9.17) is 19.6 Å². The molecule has 9 nitrogen and oxygen atoms in total. The zero-order chi connectivity index (χ0) is 26.4. The van der Waals surface area contributed by atoms with E-state index in [0.717, 1.165) is 22.4 Å². The van der Waals surface area contributed by atoms with Crippen LogP contribution in [0.5, 0.6) is 5.75 Å². The average molecular weight is 512 g/mol. The summed E-state index contributed by atoms with van der Waals surface area (Å²) < 4.78 is 12.3. The summed E-state index contributed by atoms with van der Waals surface area (Å²) in [4.78, 5) is 13.6. The lowest BCUT2D eigenvalue weighted by molar-refractivity contribution is -0.152. The summed E-state index contributed by atoms with van der Waals surface area (Å²) in [6, 6.07) is 28.1. The smallest absolute Gasteiger partial charge is 0.244 e. The minimum absolute atomic E-state index is 0.0277. The first-order valence-electron chi connectivity index (χ1n) is 12.3. The summed E-state index contributed by atoms with van der Waals surface area (Å²) in [7, 11) is 1.64. The van der Waals surface area contributed by atoms with Gasteiger partial charge in [0.2, 0.25) is 12.4 Å². The Kier molecular flexibility index (Phi) is 7.60. The van der Waals surface area contributed by atoms with Crippen molar-refractivity contribution in [3.05, 3.63) is 114 Å². The van der Waals surface area contributed by atoms with Crippen molar-refractivity contribution in [1.82, 2.24) is 19.5 Å². The Labute approximate surface area is 220 Å². The van der Waals surface area contributed by atoms with Gasteiger partial charge in [0.1, 0.15) is 23.1 Å². The number of ether oxygens (including phenoxy) is 2. The standard InChI is InChI=1S/C29H29N5O4/c1-37-24-15-13-23(14-16-24)29(21-9-4-2-5-10-21,22-11-6-3-7-12-22)33-27-30-19-25-26(32-27)34(20-31-25)28(36)38-18-8-17-35/h2-7,9-16,19-20,28,35-36H,8,17-18H2,1H3,(H,30,32,33). The van der Waals surface area contributed by atoms with Gasteiger partial charge in [-0.3, -0.25) is 4.57 Å². The number of hydrogen-bond donors (Lipinski definition) is 3. The Hall–Kier alpha value is -4.31. The fraction of sp³-hybridized carbons (Fsp3) is 0.207. The summed E-state index contributed by atoms with van der Waals surface area (Å²) in [6.45, 7) is 0.163. The van der Waals surface area contributed by atoms with Gasteiger partial charge in [0.05, 0.1) is 19.9 Å². The van der Waals surface area contributed by atoms with Gasteiger partial charge >= 0.3 is 0 Å². The Morgan fingerprint density at radius 2 is 1.53 bits per heavy atom. The van der Waals surface area contributed by atoms with Crippen LogP contribution in [0.2, 0.25) is 0 Å². The van der Waals surface area contributed by atoms with Crippen LogP contribution in [0, 0.1) is 0 Å². The Bertz CT molecular complexity index is 1420. The number of anilines is 1. The molecule has 1 atom stereocenters. The molecule has 0 saturated heterocycles. The molecule has 0 bridgehead atoms. The topological polar surface area (TPSA) is 115 Å². The number of aliphatic hydroxyl groups excluding tert-OH is 2. The quantitative estimate of drug-likeness (QED) is 0.138. The molecule has 0 spiro atoms. The van der Waals surface area contributed by atoms with E-state index in [-0.39, 0.29) is 13.2 Å². The van der Waals surface area contributed by atoms with Gasteiger partial charge < -0.3 is 25.0 Å². The number of fused-ring (bicyclic) bond motifs is 1. The van der Waals surface area contributed by atoms with Crippen LogP contribution in [0.3, 0.4) is 0 Å². The molecule has 9 heteroatoms. The van der Waals surface area contributed by atoms with E-state index >= 15 is 0 Å². The van der Waals surface area contributed by atoms with Gasteiger partial charge in [-0.25, -0.2) is 9.97 Å². The molecule has 0 amide bonds. The normalized spacial score (nSPS) is 12.4. The Balaban J connectivity index is 1.64. The monoisotopic (exact) mass is 511 g/mol. The lowest BCUT2D eigenvalue weighted by Crippen LogP contribution is -2.38. The second kappa shape index (κ2) is 11.4. The molecule has 194 valence electrons. The van der Waals surface area contributed by atoms with Gasteiger partial charge in [0.15, 0.2) is 5.65 Å². The third-order valence-electron chi connectivity index (χ3n) is 6.36. The lowest BCUT2D eigenvalue weighted by Gasteiger charge is -2.37. The maximum atomic E-state index is 10.6. The van der Waals surface area contributed by atoms with E-state index in [1.165, 1.54) is 10.9 Å². The summed E-state index contributed by atoms with van der Waals surface area (Å²) in [5.41, 5.74) is 2.99. The molecule has 3 aromatic carbocycles. The Morgan fingerprint density at radius 3 is 2.13 bits per heavy atom. The van der Waals surface area contributed by atoms with Crippen molar-refractivity contribution in [2.45, 2.75) is 18.4 Å². The van der Waals surface area contributed by atoms with Gasteiger partial charge in [-0.2, -0.15) is 4.98 Å². The minimum atomic E-state index is -1.30. The number of methoxy groups -OCH3 is 1. The number of rotatable bonds is 11. The summed E-state index contributed by atoms with van der Waals surface area (Å²) in [5, 5.41) is 23.2. The van der Waals surface area contributed by atoms with Gasteiger partial charge in [0, 0.05) is 6.61 Å². The third kappa shape index (κ3) is 4.95. The first kappa shape index (κ1) is 25.3. The Morgan fingerprint density at radius 1 is 0.895 bits per heavy atom. The summed E-state index contributed by atoms with van der Waals surface area (Å²) in [6.07, 6.45) is 2.17. The van der Waals surface area contributed by atoms with Crippen LogP contribution in [-0.4, -0.2) is 50.1 Å². The molecule has 0 radical (unpaired) electrons. The highest BCUT2D eigenvalue weighted by molar-refractivity contribution is 5.71. The largest absolute Gasteiger partial charge is 0.497 e. The van der Waals surface area contributed by atoms with Crippen LogP contribution < -0.4 is 10.1 Å². The number of imidazole rings is 1. The SMILES string of the molecule is COc1ccc(C(Nc2ncc3ncn(C(O)OCCCO)c3n2)(c2ccccc2)c2ccccc2)cc1. The molecule has 2 aromatic heterocycles. The van der Waals surface area contributed by atoms with Gasteiger partial charge in [0.25, 0.3) is 0 Å². The molecular weight excluding hydrogens is 482 g/mol. The zero-order valence-corrected chi connectivity index (χ0v) is 20.9. The van der Waals surface area contributed by atoms with Crippen molar-refractivity contribution in [2.24, 2.45) is 0 Å². The van der Waals surface area contributed by atoms with Crippen molar-refractivity contribution in [3.63, 3.8) is 0 Å². The van der Waals surface area contributed by atoms with E-state index < -0.39 is 12.0 Å². The number of nitrogens with one attached hydrogen (secondary N) is 1. The van der Waals surface area contributed by atoms with Crippen LogP contribution >= 0.6 is 0 Å². The molecular formula is C29H29N5O4. The van der Waals surface area contributed by atoms with E-state index in [0.29, 0.717) is 23.5 Å². The minimum Gasteiger partial charge on any atom is -0.497 e. The number of hydrogen-bond acceptors (Lipinski definition) is 8. The predicted octanol–water partition coefficient (Wildman–Crippen LogP) is 4.09. The van der Waals surface area contributed by atoms with E-state index in [9.17, 15) is 5.11 Å². The van der Waals surface area contributed by atoms with Gasteiger partial charge in [-0.1, -0.05) is 72.8 Å². The highest BCUT2D eigenvalue weighted by atomic mass is 16.6. The molecule has 0 saturated carbocycles. The fourth-order valence-electron chi connectivity index (χ4n) is 4.48. The molecule has 0 aliphatic heterocycles. The maximum Gasteiger partial charge on any atom is 0.244 e. The molecule has 5 aromatic rings. The molecule has 3 N–H and O–H groups in total. The molecule has 0 aliphatic rings. The van der Waals surface area contributed by atoms with E-state index in [1.54, 1.807) is 13.3 Å². The number of aromatic nitrogens is 4. The van der Waals surface area contributed by atoms with Gasteiger partial charge in [-0.05, 0) is 35.2 Å². The number of nitrogens with zero attached hydrogens (tertiary/aromatic N) is 4. The average Bonchev–Trinajstić information content (AvgIpc) is 3.40. The molecule has 38 heavy (non-hydrogen) atoms. The van der Waals surface area contributed by atoms with Crippen LogP contribution in [0.25, 0.3) is 11.2 Å². The van der Waals surface area contributed by atoms with E-state index in [2.05, 4.69) is 39.6 Å². The first-order valence-corrected chi connectivity index (χ1v) is 12.3. The van der Waals surface area contributed by atoms with Gasteiger partial charge in [-0.15, -0.1) is 0 Å². The van der Waals surface area contributed by atoms with Crippen LogP contribution in [0.4, 0.5) is 5.95 Å². The fourth-order valence-corrected chi connectivity index (χ4v) is 4.48. The summed E-state index contributed by atoms with van der Waals surface area (Å²) in [5.74, 6) is 1.09. The van der Waals surface area contributed by atoms with Crippen molar-refractivity contribution in [3.8, 4) is 5.75 Å². The maximum absolute atomic E-state index is 10.6. The van der Waals surface area contributed by atoms with Crippen LogP contribution in [0.1, 0.15) is 29.5 Å². The zero-order valence-electron chi connectivity index (χ0n) is 20.9. The van der Waals surface area contributed by atoms with Crippen molar-refractivity contribution < 1.29 is 19.7 Å². The molecule has 0 aliphatic carbocycles. The highest BCUT2D eigenvalue weighted by Gasteiger charge is 2.37. The van der Waals surface area contributed by atoms with E-state index in [1.807, 2.05) is 60.7 Å². The predicted molar refractivity (Wildman–Crippen MR) is 144 cm³/mol. The lowest BCUT2D eigenvalue weighted by atomic mass is 9.77. The molecule has 1 unspecified atom stereocenters. The van der Waals surface area contributed by atoms with Crippen LogP contribution in [0.15, 0.2) is 97.5 Å². The number of benzene rings is 3. The van der Waals surface area contributed by atoms with Crippen molar-refractivity contribution in [2.75, 3.05) is 25.6 Å². The molecule has 0 fully saturated rings. The number of aliphatic hydroxyl groups is 2. The van der Waals surface area contributed by atoms with Crippen molar-refractivity contribution in [1.29, 1.82) is 0 Å². The third-order valence-corrected chi connectivity index (χ3v) is 6.36. The highest BCUT2D eigenvalue weighted by Crippen LogP contribution is 2.40.